The van der Waals surface area contributed by atoms with Crippen molar-refractivity contribution in [3.8, 4) is 5.82 Å². The molecule has 5 rings (SSSR count). The van der Waals surface area contributed by atoms with Gasteiger partial charge in [-0.05, 0) is 79.3 Å². The van der Waals surface area contributed by atoms with Gasteiger partial charge in [0.15, 0.2) is 5.11 Å². The van der Waals surface area contributed by atoms with E-state index in [2.05, 4.69) is 36.1 Å². The summed E-state index contributed by atoms with van der Waals surface area (Å²) in [6.07, 6.45) is 5.66. The van der Waals surface area contributed by atoms with Crippen LogP contribution in [0.25, 0.3) is 5.82 Å². The fourth-order valence-electron chi connectivity index (χ4n) is 4.41. The first-order chi connectivity index (χ1) is 17.5. The van der Waals surface area contributed by atoms with Crippen molar-refractivity contribution in [3.63, 3.8) is 0 Å². The number of methoxy groups -OCH3 is 1. The highest BCUT2D eigenvalue weighted by molar-refractivity contribution is 7.80. The van der Waals surface area contributed by atoms with E-state index in [1.54, 1.807) is 6.20 Å². The number of rotatable bonds is 7. The Labute approximate surface area is 215 Å². The summed E-state index contributed by atoms with van der Waals surface area (Å²) >= 11 is 5.84. The molecule has 182 valence electrons. The van der Waals surface area contributed by atoms with Crippen LogP contribution in [0.1, 0.15) is 29.0 Å². The van der Waals surface area contributed by atoms with Crippen LogP contribution in [-0.2, 0) is 9.53 Å². The van der Waals surface area contributed by atoms with Crippen molar-refractivity contribution in [1.82, 2.24) is 19.9 Å². The number of aromatic nitrogens is 3. The normalized spacial score (nSPS) is 17.2. The average Bonchev–Trinajstić information content (AvgIpc) is 3.50. The molecule has 0 aliphatic carbocycles. The quantitative estimate of drug-likeness (QED) is 0.367. The first-order valence-electron chi connectivity index (χ1n) is 11.5. The topological polar surface area (TPSA) is 84.3 Å². The lowest BCUT2D eigenvalue weighted by atomic mass is 10.0. The van der Waals surface area contributed by atoms with Crippen molar-refractivity contribution in [2.24, 2.45) is 0 Å². The zero-order valence-electron chi connectivity index (χ0n) is 20.0. The van der Waals surface area contributed by atoms with Crippen LogP contribution in [0.15, 0.2) is 85.3 Å². The molecule has 2 atom stereocenters. The molecule has 0 radical (unpaired) electrons. The molecule has 1 fully saturated rings. The third-order valence-corrected chi connectivity index (χ3v) is 6.34. The molecule has 3 aromatic heterocycles. The number of ether oxygens (including phenoxy) is 1. The summed E-state index contributed by atoms with van der Waals surface area (Å²) < 4.78 is 6.98. The van der Waals surface area contributed by atoms with Crippen LogP contribution in [0.4, 0.5) is 11.4 Å². The second-order valence-corrected chi connectivity index (χ2v) is 8.91. The molecule has 1 aliphatic rings. The summed E-state index contributed by atoms with van der Waals surface area (Å²) in [6.45, 7) is 2.02. The molecule has 1 aromatic carbocycles. The van der Waals surface area contributed by atoms with Gasteiger partial charge in [-0.2, -0.15) is 0 Å². The molecule has 1 saturated heterocycles. The monoisotopic (exact) mass is 498 g/mol. The lowest BCUT2D eigenvalue weighted by Gasteiger charge is -2.29. The summed E-state index contributed by atoms with van der Waals surface area (Å²) in [5, 5.41) is 6.90. The van der Waals surface area contributed by atoms with Gasteiger partial charge in [0.1, 0.15) is 18.5 Å². The van der Waals surface area contributed by atoms with E-state index in [9.17, 15) is 4.79 Å². The molecule has 4 aromatic rings. The lowest BCUT2D eigenvalue weighted by molar-refractivity contribution is -0.119. The van der Waals surface area contributed by atoms with Crippen LogP contribution in [0.2, 0.25) is 0 Å². The number of nitrogens with zero attached hydrogens (tertiary/aromatic N) is 4. The molecular formula is C27H26N6O2S. The molecular weight excluding hydrogens is 472 g/mol. The summed E-state index contributed by atoms with van der Waals surface area (Å²) in [5.41, 5.74) is 4.59. The zero-order chi connectivity index (χ0) is 25.1. The minimum atomic E-state index is -0.208. The van der Waals surface area contributed by atoms with E-state index in [1.165, 1.54) is 7.11 Å². The highest BCUT2D eigenvalue weighted by atomic mass is 32.1. The van der Waals surface area contributed by atoms with E-state index in [0.717, 1.165) is 28.5 Å². The number of thiocarbonyl (C=S) groups is 1. The molecule has 0 saturated carbocycles. The first kappa shape index (κ1) is 23.7. The van der Waals surface area contributed by atoms with Crippen LogP contribution in [0.3, 0.4) is 0 Å². The standard InChI is InChI=1S/C27H26N6O2S/c1-18-8-13-23(29-16-18)32-15-5-7-22(32)26-25(21-6-3-4-14-28-21)31-27(36)33(26)20-11-9-19(10-12-20)30-24(34)17-35-2/h3-16,25-26H,17H2,1-2H3,(H,30,34)(H,31,36). The van der Waals surface area contributed by atoms with Crippen LogP contribution in [-0.4, -0.2) is 39.3 Å². The van der Waals surface area contributed by atoms with Crippen molar-refractivity contribution in [2.75, 3.05) is 23.9 Å². The van der Waals surface area contributed by atoms with Gasteiger partial charge in [-0.25, -0.2) is 4.98 Å². The number of aryl methyl sites for hydroxylation is 1. The number of nitrogens with one attached hydrogen (secondary N) is 2. The Hall–Kier alpha value is -4.08. The highest BCUT2D eigenvalue weighted by Gasteiger charge is 2.42. The second kappa shape index (κ2) is 10.3. The first-order valence-corrected chi connectivity index (χ1v) is 12.0. The minimum absolute atomic E-state index is 0.000250. The van der Waals surface area contributed by atoms with E-state index in [1.807, 2.05) is 80.0 Å². The maximum atomic E-state index is 11.9. The van der Waals surface area contributed by atoms with Gasteiger partial charge in [0.05, 0.1) is 11.7 Å². The smallest absolute Gasteiger partial charge is 0.250 e. The molecule has 2 N–H and O–H groups in total. The van der Waals surface area contributed by atoms with E-state index in [4.69, 9.17) is 17.0 Å². The number of hydrogen-bond donors (Lipinski definition) is 2. The summed E-state index contributed by atoms with van der Waals surface area (Å²) in [5.74, 6) is 0.620. The van der Waals surface area contributed by atoms with Crippen molar-refractivity contribution in [1.29, 1.82) is 0 Å². The van der Waals surface area contributed by atoms with E-state index in [0.29, 0.717) is 10.8 Å². The Morgan fingerprint density at radius 2 is 1.92 bits per heavy atom. The molecule has 2 unspecified atom stereocenters. The SMILES string of the molecule is COCC(=O)Nc1ccc(N2C(=S)NC(c3ccccn3)C2c2cccn2-c2ccc(C)cn2)cc1. The molecule has 0 bridgehead atoms. The molecule has 9 heteroatoms. The van der Waals surface area contributed by atoms with Gasteiger partial charge in [-0.1, -0.05) is 12.1 Å². The van der Waals surface area contributed by atoms with E-state index in [-0.39, 0.29) is 24.6 Å². The Kier molecular flexibility index (Phi) is 6.75. The molecule has 1 amide bonds. The summed E-state index contributed by atoms with van der Waals surface area (Å²) in [4.78, 5) is 23.3. The molecule has 1 aliphatic heterocycles. The molecule has 8 nitrogen and oxygen atoms in total. The Balaban J connectivity index is 1.55. The maximum absolute atomic E-state index is 11.9. The summed E-state index contributed by atoms with van der Waals surface area (Å²) in [6, 6.07) is 21.3. The lowest BCUT2D eigenvalue weighted by Crippen LogP contribution is -2.30. The predicted molar refractivity (Wildman–Crippen MR) is 143 cm³/mol. The fraction of sp³-hybridized carbons (Fsp3) is 0.185. The zero-order valence-corrected chi connectivity index (χ0v) is 20.8. The third-order valence-electron chi connectivity index (χ3n) is 6.03. The van der Waals surface area contributed by atoms with Crippen molar-refractivity contribution < 1.29 is 9.53 Å². The van der Waals surface area contributed by atoms with Crippen molar-refractivity contribution >= 4 is 34.6 Å². The van der Waals surface area contributed by atoms with E-state index >= 15 is 0 Å². The van der Waals surface area contributed by atoms with Crippen LogP contribution in [0, 0.1) is 6.92 Å². The maximum Gasteiger partial charge on any atom is 0.250 e. The number of pyridine rings is 2. The van der Waals surface area contributed by atoms with Crippen LogP contribution >= 0.6 is 12.2 Å². The number of benzene rings is 1. The summed E-state index contributed by atoms with van der Waals surface area (Å²) in [7, 11) is 1.49. The molecule has 0 spiro atoms. The number of hydrogen-bond acceptors (Lipinski definition) is 5. The number of carbonyl (C=O) groups excluding carboxylic acids is 1. The van der Waals surface area contributed by atoms with Crippen molar-refractivity contribution in [2.45, 2.75) is 19.0 Å². The van der Waals surface area contributed by atoms with Gasteiger partial charge in [0, 0.05) is 42.8 Å². The van der Waals surface area contributed by atoms with Gasteiger partial charge in [-0.3, -0.25) is 9.78 Å². The van der Waals surface area contributed by atoms with Gasteiger partial charge < -0.3 is 24.8 Å². The number of amides is 1. The molecule has 36 heavy (non-hydrogen) atoms. The van der Waals surface area contributed by atoms with Gasteiger partial charge in [0.2, 0.25) is 5.91 Å². The van der Waals surface area contributed by atoms with Gasteiger partial charge in [0.25, 0.3) is 0 Å². The third kappa shape index (κ3) is 4.71. The van der Waals surface area contributed by atoms with Crippen molar-refractivity contribution in [3.05, 3.63) is 102 Å². The number of carbonyl (C=O) groups is 1. The van der Waals surface area contributed by atoms with E-state index < -0.39 is 0 Å². The second-order valence-electron chi connectivity index (χ2n) is 8.52. The molecule has 4 heterocycles. The number of anilines is 2. The van der Waals surface area contributed by atoms with Gasteiger partial charge >= 0.3 is 0 Å². The highest BCUT2D eigenvalue weighted by Crippen LogP contribution is 2.42. The Bertz CT molecular complexity index is 1360. The predicted octanol–water partition coefficient (Wildman–Crippen LogP) is 4.34. The largest absolute Gasteiger partial charge is 0.375 e. The fourth-order valence-corrected chi connectivity index (χ4v) is 4.76. The minimum Gasteiger partial charge on any atom is -0.375 e. The Morgan fingerprint density at radius 3 is 2.61 bits per heavy atom. The average molecular weight is 499 g/mol. The van der Waals surface area contributed by atoms with Crippen LogP contribution < -0.4 is 15.5 Å². The Morgan fingerprint density at radius 1 is 1.08 bits per heavy atom. The van der Waals surface area contributed by atoms with Crippen LogP contribution in [0.5, 0.6) is 0 Å². The van der Waals surface area contributed by atoms with Gasteiger partial charge in [-0.15, -0.1) is 0 Å².